The molecule has 2 aromatic rings. The van der Waals surface area contributed by atoms with Gasteiger partial charge in [-0.1, -0.05) is 11.6 Å². The average molecular weight is 220 g/mol. The van der Waals surface area contributed by atoms with E-state index in [-0.39, 0.29) is 0 Å². The third-order valence-corrected chi connectivity index (χ3v) is 2.32. The van der Waals surface area contributed by atoms with Crippen molar-refractivity contribution in [1.29, 1.82) is 0 Å². The highest BCUT2D eigenvalue weighted by molar-refractivity contribution is 6.33. The molecule has 0 aliphatic rings. The van der Waals surface area contributed by atoms with E-state index in [0.29, 0.717) is 5.02 Å². The van der Waals surface area contributed by atoms with Gasteiger partial charge in [0, 0.05) is 23.7 Å². The van der Waals surface area contributed by atoms with Crippen molar-refractivity contribution in [1.82, 2.24) is 15.0 Å². The molecule has 76 valence electrons. The molecule has 0 amide bonds. The van der Waals surface area contributed by atoms with Gasteiger partial charge in [0.05, 0.1) is 22.6 Å². The van der Waals surface area contributed by atoms with Gasteiger partial charge in [0.15, 0.2) is 0 Å². The molecule has 3 nitrogen and oxygen atoms in total. The SMILES string of the molecule is Cc1cc(-c2cncc(C)n2)c(Cl)cn1. The number of rotatable bonds is 1. The number of hydrogen-bond donors (Lipinski definition) is 0. The number of nitrogens with zero attached hydrogens (tertiary/aromatic N) is 3. The minimum atomic E-state index is 0.598. The van der Waals surface area contributed by atoms with Crippen LogP contribution in [-0.2, 0) is 0 Å². The maximum atomic E-state index is 6.05. The molecule has 2 aromatic heterocycles. The minimum Gasteiger partial charge on any atom is -0.261 e. The van der Waals surface area contributed by atoms with Gasteiger partial charge >= 0.3 is 0 Å². The van der Waals surface area contributed by atoms with E-state index in [9.17, 15) is 0 Å². The Kier molecular flexibility index (Phi) is 2.64. The lowest BCUT2D eigenvalue weighted by molar-refractivity contribution is 1.11. The fourth-order valence-corrected chi connectivity index (χ4v) is 1.53. The lowest BCUT2D eigenvalue weighted by atomic mass is 10.2. The second kappa shape index (κ2) is 3.95. The van der Waals surface area contributed by atoms with E-state index in [2.05, 4.69) is 15.0 Å². The first-order valence-electron chi connectivity index (χ1n) is 4.58. The van der Waals surface area contributed by atoms with Gasteiger partial charge in [-0.25, -0.2) is 4.98 Å². The number of pyridine rings is 1. The summed E-state index contributed by atoms with van der Waals surface area (Å²) < 4.78 is 0. The fraction of sp³-hybridized carbons (Fsp3) is 0.182. The predicted octanol–water partition coefficient (Wildman–Crippen LogP) is 2.81. The Balaban J connectivity index is 2.58. The van der Waals surface area contributed by atoms with Gasteiger partial charge in [-0.2, -0.15) is 0 Å². The Hall–Kier alpha value is -1.48. The van der Waals surface area contributed by atoms with Crippen molar-refractivity contribution in [3.8, 4) is 11.3 Å². The third-order valence-electron chi connectivity index (χ3n) is 2.02. The summed E-state index contributed by atoms with van der Waals surface area (Å²) in [6.45, 7) is 3.82. The van der Waals surface area contributed by atoms with Crippen LogP contribution >= 0.6 is 11.6 Å². The molecule has 0 N–H and O–H groups in total. The van der Waals surface area contributed by atoms with E-state index in [0.717, 1.165) is 22.6 Å². The predicted molar refractivity (Wildman–Crippen MR) is 59.7 cm³/mol. The largest absolute Gasteiger partial charge is 0.261 e. The van der Waals surface area contributed by atoms with Gasteiger partial charge < -0.3 is 0 Å². The fourth-order valence-electron chi connectivity index (χ4n) is 1.33. The summed E-state index contributed by atoms with van der Waals surface area (Å²) >= 11 is 6.05. The van der Waals surface area contributed by atoms with E-state index in [1.807, 2.05) is 19.9 Å². The van der Waals surface area contributed by atoms with Crippen molar-refractivity contribution in [3.05, 3.63) is 41.1 Å². The maximum absolute atomic E-state index is 6.05. The van der Waals surface area contributed by atoms with E-state index in [4.69, 9.17) is 11.6 Å². The average Bonchev–Trinajstić information content (AvgIpc) is 2.22. The topological polar surface area (TPSA) is 38.7 Å². The normalized spacial score (nSPS) is 10.3. The van der Waals surface area contributed by atoms with Crippen molar-refractivity contribution >= 4 is 11.6 Å². The van der Waals surface area contributed by atoms with Gasteiger partial charge in [-0.3, -0.25) is 9.97 Å². The zero-order chi connectivity index (χ0) is 10.8. The number of hydrogen-bond acceptors (Lipinski definition) is 3. The summed E-state index contributed by atoms with van der Waals surface area (Å²) in [6.07, 6.45) is 5.05. The molecule has 15 heavy (non-hydrogen) atoms. The van der Waals surface area contributed by atoms with Crippen LogP contribution in [0.4, 0.5) is 0 Å². The van der Waals surface area contributed by atoms with E-state index < -0.39 is 0 Å². The number of aromatic nitrogens is 3. The Morgan fingerprint density at radius 2 is 1.87 bits per heavy atom. The molecule has 0 aliphatic carbocycles. The molecule has 0 radical (unpaired) electrons. The Labute approximate surface area is 93.2 Å². The zero-order valence-electron chi connectivity index (χ0n) is 8.53. The van der Waals surface area contributed by atoms with Crippen LogP contribution in [0.15, 0.2) is 24.7 Å². The molecule has 0 unspecified atom stereocenters. The van der Waals surface area contributed by atoms with Gasteiger partial charge in [0.25, 0.3) is 0 Å². The molecule has 0 saturated carbocycles. The zero-order valence-corrected chi connectivity index (χ0v) is 9.28. The smallest absolute Gasteiger partial charge is 0.0904 e. The summed E-state index contributed by atoms with van der Waals surface area (Å²) in [7, 11) is 0. The molecule has 0 aliphatic heterocycles. The van der Waals surface area contributed by atoms with Crippen LogP contribution in [0.5, 0.6) is 0 Å². The highest BCUT2D eigenvalue weighted by Crippen LogP contribution is 2.25. The van der Waals surface area contributed by atoms with Crippen LogP contribution in [-0.4, -0.2) is 15.0 Å². The van der Waals surface area contributed by atoms with Crippen LogP contribution in [0.3, 0.4) is 0 Å². The first kappa shape index (κ1) is 10.1. The van der Waals surface area contributed by atoms with Crippen LogP contribution in [0.25, 0.3) is 11.3 Å². The highest BCUT2D eigenvalue weighted by Gasteiger charge is 2.06. The van der Waals surface area contributed by atoms with Gasteiger partial charge in [0.2, 0.25) is 0 Å². The van der Waals surface area contributed by atoms with Gasteiger partial charge in [-0.05, 0) is 19.9 Å². The van der Waals surface area contributed by atoms with Crippen LogP contribution in [0.2, 0.25) is 5.02 Å². The minimum absolute atomic E-state index is 0.598. The first-order valence-corrected chi connectivity index (χ1v) is 4.96. The summed E-state index contributed by atoms with van der Waals surface area (Å²) in [4.78, 5) is 12.6. The summed E-state index contributed by atoms with van der Waals surface area (Å²) in [5.41, 5.74) is 3.45. The molecule has 4 heteroatoms. The molecule has 0 bridgehead atoms. The molecule has 0 atom stereocenters. The second-order valence-corrected chi connectivity index (χ2v) is 3.76. The quantitative estimate of drug-likeness (QED) is 0.740. The lowest BCUT2D eigenvalue weighted by Crippen LogP contribution is -1.91. The molecule has 2 heterocycles. The molecular formula is C11H10ClN3. The molecule has 2 rings (SSSR count). The maximum Gasteiger partial charge on any atom is 0.0904 e. The molecular weight excluding hydrogens is 210 g/mol. The van der Waals surface area contributed by atoms with Crippen molar-refractivity contribution in [2.24, 2.45) is 0 Å². The van der Waals surface area contributed by atoms with Gasteiger partial charge in [-0.15, -0.1) is 0 Å². The monoisotopic (exact) mass is 219 g/mol. The second-order valence-electron chi connectivity index (χ2n) is 3.35. The van der Waals surface area contributed by atoms with E-state index >= 15 is 0 Å². The standard InChI is InChI=1S/C11H10ClN3/c1-7-3-9(10(12)5-14-7)11-6-13-4-8(2)15-11/h3-6H,1-2H3. The van der Waals surface area contributed by atoms with E-state index in [1.165, 1.54) is 0 Å². The third kappa shape index (κ3) is 2.13. The number of aryl methyl sites for hydroxylation is 2. The molecule has 0 fully saturated rings. The molecule has 0 aromatic carbocycles. The van der Waals surface area contributed by atoms with Crippen molar-refractivity contribution < 1.29 is 0 Å². The Morgan fingerprint density at radius 3 is 2.60 bits per heavy atom. The molecule has 0 spiro atoms. The van der Waals surface area contributed by atoms with Crippen molar-refractivity contribution in [2.75, 3.05) is 0 Å². The molecule has 0 saturated heterocycles. The highest BCUT2D eigenvalue weighted by atomic mass is 35.5. The van der Waals surface area contributed by atoms with Crippen LogP contribution in [0, 0.1) is 13.8 Å². The Morgan fingerprint density at radius 1 is 1.07 bits per heavy atom. The van der Waals surface area contributed by atoms with Gasteiger partial charge in [0.1, 0.15) is 0 Å². The summed E-state index contributed by atoms with van der Waals surface area (Å²) in [6, 6.07) is 1.91. The number of halogens is 1. The summed E-state index contributed by atoms with van der Waals surface area (Å²) in [5.74, 6) is 0. The van der Waals surface area contributed by atoms with E-state index in [1.54, 1.807) is 18.6 Å². The van der Waals surface area contributed by atoms with Crippen molar-refractivity contribution in [2.45, 2.75) is 13.8 Å². The van der Waals surface area contributed by atoms with Crippen LogP contribution in [0.1, 0.15) is 11.4 Å². The summed E-state index contributed by atoms with van der Waals surface area (Å²) in [5, 5.41) is 0.598. The first-order chi connectivity index (χ1) is 7.16. The van der Waals surface area contributed by atoms with Crippen molar-refractivity contribution in [3.63, 3.8) is 0 Å². The Bertz CT molecular complexity index is 497. The van der Waals surface area contributed by atoms with Crippen LogP contribution < -0.4 is 0 Å². The lowest BCUT2D eigenvalue weighted by Gasteiger charge is -2.04.